The maximum absolute atomic E-state index is 11.3. The van der Waals surface area contributed by atoms with Crippen molar-refractivity contribution in [1.82, 2.24) is 4.98 Å². The molecule has 1 heterocycles. The van der Waals surface area contributed by atoms with E-state index in [0.29, 0.717) is 19.3 Å². The summed E-state index contributed by atoms with van der Waals surface area (Å²) in [5, 5.41) is 11.5. The summed E-state index contributed by atoms with van der Waals surface area (Å²) in [4.78, 5) is 14.7. The van der Waals surface area contributed by atoms with Gasteiger partial charge in [0.05, 0.1) is 0 Å². The molecule has 0 spiro atoms. The van der Waals surface area contributed by atoms with E-state index in [0.717, 1.165) is 28.2 Å². The van der Waals surface area contributed by atoms with Gasteiger partial charge in [0.2, 0.25) is 0 Å². The van der Waals surface area contributed by atoms with Crippen LogP contribution < -0.4 is 16.3 Å². The first-order chi connectivity index (χ1) is 8.60. The van der Waals surface area contributed by atoms with Crippen LogP contribution in [0.25, 0.3) is 12.2 Å². The van der Waals surface area contributed by atoms with Crippen LogP contribution in [0, 0.1) is 0 Å². The molecule has 0 radical (unpaired) electrons. The molecular formula is C14H16N2O2. The van der Waals surface area contributed by atoms with Crippen molar-refractivity contribution in [3.8, 4) is 0 Å². The lowest BCUT2D eigenvalue weighted by atomic mass is 9.81. The molecule has 0 bridgehead atoms. The first-order valence-corrected chi connectivity index (χ1v) is 6.19. The number of carbonyl (C=O) groups is 1. The molecule has 1 unspecified atom stereocenters. The lowest BCUT2D eigenvalue weighted by Crippen LogP contribution is -2.53. The second-order valence-electron chi connectivity index (χ2n) is 5.08. The van der Waals surface area contributed by atoms with Crippen LogP contribution in [0.1, 0.15) is 24.1 Å². The number of nitrogens with two attached hydrogens (primary N) is 1. The van der Waals surface area contributed by atoms with Crippen LogP contribution in [0.4, 0.5) is 0 Å². The Balaban J connectivity index is 2.17. The van der Waals surface area contributed by atoms with Gasteiger partial charge in [0.1, 0.15) is 5.54 Å². The number of hydrogen-bond acceptors (Lipinski definition) is 2. The van der Waals surface area contributed by atoms with Crippen LogP contribution in [0.15, 0.2) is 12.2 Å². The summed E-state index contributed by atoms with van der Waals surface area (Å²) >= 11 is 0. The SMILES string of the molecule is NC1(C(=O)O)CCc2[nH]c3c(c2C1)=CC=CCC=3. The Kier molecular flexibility index (Phi) is 2.41. The molecule has 0 aromatic carbocycles. The van der Waals surface area contributed by atoms with Gasteiger partial charge in [0, 0.05) is 22.7 Å². The van der Waals surface area contributed by atoms with Crippen molar-refractivity contribution in [2.24, 2.45) is 5.73 Å². The van der Waals surface area contributed by atoms with E-state index in [1.807, 2.05) is 12.2 Å². The van der Waals surface area contributed by atoms with E-state index in [9.17, 15) is 9.90 Å². The Bertz CT molecular complexity index is 654. The molecule has 1 aromatic rings. The summed E-state index contributed by atoms with van der Waals surface area (Å²) < 4.78 is 0. The number of fused-ring (bicyclic) bond motifs is 3. The van der Waals surface area contributed by atoms with Crippen molar-refractivity contribution in [1.29, 1.82) is 0 Å². The number of hydrogen-bond donors (Lipinski definition) is 3. The minimum atomic E-state index is -1.12. The Morgan fingerprint density at radius 2 is 2.33 bits per heavy atom. The molecule has 4 heteroatoms. The molecule has 1 atom stereocenters. The molecule has 94 valence electrons. The maximum Gasteiger partial charge on any atom is 0.324 e. The van der Waals surface area contributed by atoms with Gasteiger partial charge in [0.15, 0.2) is 0 Å². The van der Waals surface area contributed by atoms with E-state index in [2.05, 4.69) is 17.1 Å². The van der Waals surface area contributed by atoms with E-state index in [1.165, 1.54) is 0 Å². The van der Waals surface area contributed by atoms with Crippen LogP contribution in [-0.2, 0) is 17.6 Å². The van der Waals surface area contributed by atoms with Crippen LogP contribution in [0.5, 0.6) is 0 Å². The third-order valence-corrected chi connectivity index (χ3v) is 3.86. The van der Waals surface area contributed by atoms with Crippen molar-refractivity contribution >= 4 is 18.1 Å². The highest BCUT2D eigenvalue weighted by Gasteiger charge is 2.38. The first kappa shape index (κ1) is 11.3. The van der Waals surface area contributed by atoms with Gasteiger partial charge in [0.25, 0.3) is 0 Å². The van der Waals surface area contributed by atoms with Gasteiger partial charge in [-0.1, -0.05) is 24.3 Å². The molecule has 4 nitrogen and oxygen atoms in total. The third-order valence-electron chi connectivity index (χ3n) is 3.86. The van der Waals surface area contributed by atoms with Crippen molar-refractivity contribution in [2.45, 2.75) is 31.2 Å². The van der Waals surface area contributed by atoms with E-state index < -0.39 is 11.5 Å². The van der Waals surface area contributed by atoms with Gasteiger partial charge in [-0.15, -0.1) is 0 Å². The summed E-state index contributed by atoms with van der Waals surface area (Å²) in [5.41, 5.74) is 7.09. The fraction of sp³-hybridized carbons (Fsp3) is 0.357. The molecule has 0 saturated carbocycles. The lowest BCUT2D eigenvalue weighted by molar-refractivity contribution is -0.143. The minimum Gasteiger partial charge on any atom is -0.480 e. The summed E-state index contributed by atoms with van der Waals surface area (Å²) in [6, 6.07) is 0. The zero-order valence-corrected chi connectivity index (χ0v) is 10.1. The van der Waals surface area contributed by atoms with Gasteiger partial charge < -0.3 is 15.8 Å². The highest BCUT2D eigenvalue weighted by Crippen LogP contribution is 2.23. The van der Waals surface area contributed by atoms with E-state index >= 15 is 0 Å². The quantitative estimate of drug-likeness (QED) is 0.640. The zero-order chi connectivity index (χ0) is 12.8. The number of allylic oxidation sites excluding steroid dienone is 2. The topological polar surface area (TPSA) is 79.1 Å². The van der Waals surface area contributed by atoms with Gasteiger partial charge in [-0.2, -0.15) is 0 Å². The second-order valence-corrected chi connectivity index (χ2v) is 5.08. The zero-order valence-electron chi connectivity index (χ0n) is 10.1. The van der Waals surface area contributed by atoms with E-state index in [1.54, 1.807) is 0 Å². The maximum atomic E-state index is 11.3. The Labute approximate surface area is 105 Å². The van der Waals surface area contributed by atoms with Gasteiger partial charge in [-0.3, -0.25) is 4.79 Å². The van der Waals surface area contributed by atoms with Crippen LogP contribution >= 0.6 is 0 Å². The van der Waals surface area contributed by atoms with E-state index in [4.69, 9.17) is 5.73 Å². The summed E-state index contributed by atoms with van der Waals surface area (Å²) in [5.74, 6) is -0.906. The number of carboxylic acid groups (broad SMARTS) is 1. The number of aryl methyl sites for hydroxylation is 1. The Hall–Kier alpha value is -1.81. The Morgan fingerprint density at radius 1 is 1.50 bits per heavy atom. The Morgan fingerprint density at radius 3 is 3.11 bits per heavy atom. The van der Waals surface area contributed by atoms with Crippen molar-refractivity contribution in [3.05, 3.63) is 34.0 Å². The molecule has 0 aliphatic heterocycles. The highest BCUT2D eigenvalue weighted by molar-refractivity contribution is 5.79. The van der Waals surface area contributed by atoms with Gasteiger partial charge in [-0.05, 0) is 24.8 Å². The van der Waals surface area contributed by atoms with Crippen molar-refractivity contribution in [3.63, 3.8) is 0 Å². The number of aromatic amines is 1. The molecule has 2 aliphatic rings. The predicted molar refractivity (Wildman–Crippen MR) is 69.3 cm³/mol. The second kappa shape index (κ2) is 3.85. The third kappa shape index (κ3) is 1.61. The number of carboxylic acids is 1. The fourth-order valence-corrected chi connectivity index (χ4v) is 2.76. The molecule has 3 rings (SSSR count). The average molecular weight is 244 g/mol. The molecule has 4 N–H and O–H groups in total. The van der Waals surface area contributed by atoms with Crippen LogP contribution in [0.3, 0.4) is 0 Å². The van der Waals surface area contributed by atoms with Crippen LogP contribution in [-0.4, -0.2) is 21.6 Å². The number of rotatable bonds is 1. The predicted octanol–water partition coefficient (Wildman–Crippen LogP) is -0.194. The average Bonchev–Trinajstić information content (AvgIpc) is 2.53. The first-order valence-electron chi connectivity index (χ1n) is 6.19. The fourth-order valence-electron chi connectivity index (χ4n) is 2.76. The normalized spacial score (nSPS) is 25.4. The van der Waals surface area contributed by atoms with Gasteiger partial charge >= 0.3 is 5.97 Å². The standard InChI is InChI=1S/C14H16N2O2/c15-14(13(17)18)7-6-12-10(8-14)9-4-2-1-3-5-11(9)16-12/h1-2,4-5,16H,3,6-8,15H2,(H,17,18). The number of aliphatic carboxylic acids is 1. The summed E-state index contributed by atoms with van der Waals surface area (Å²) in [6.45, 7) is 0. The van der Waals surface area contributed by atoms with Crippen LogP contribution in [0.2, 0.25) is 0 Å². The molecule has 0 amide bonds. The molecule has 0 fully saturated rings. The number of aromatic nitrogens is 1. The van der Waals surface area contributed by atoms with Gasteiger partial charge in [-0.25, -0.2) is 0 Å². The molecule has 0 saturated heterocycles. The van der Waals surface area contributed by atoms with Crippen molar-refractivity contribution < 1.29 is 9.90 Å². The number of H-pyrrole nitrogens is 1. The van der Waals surface area contributed by atoms with Crippen molar-refractivity contribution in [2.75, 3.05) is 0 Å². The minimum absolute atomic E-state index is 0.404. The molecule has 18 heavy (non-hydrogen) atoms. The molecular weight excluding hydrogens is 228 g/mol. The number of nitrogens with one attached hydrogen (secondary N) is 1. The largest absolute Gasteiger partial charge is 0.480 e. The van der Waals surface area contributed by atoms with E-state index in [-0.39, 0.29) is 0 Å². The summed E-state index contributed by atoms with van der Waals surface area (Å²) in [7, 11) is 0. The smallest absolute Gasteiger partial charge is 0.324 e. The highest BCUT2D eigenvalue weighted by atomic mass is 16.4. The molecule has 2 aliphatic carbocycles. The molecule has 1 aromatic heterocycles. The summed E-state index contributed by atoms with van der Waals surface area (Å²) in [6.07, 6.45) is 10.8. The lowest BCUT2D eigenvalue weighted by Gasteiger charge is -2.29. The monoisotopic (exact) mass is 244 g/mol.